The van der Waals surface area contributed by atoms with Gasteiger partial charge in [-0.05, 0) is 31.0 Å². The molecule has 1 aliphatic heterocycles. The zero-order valence-corrected chi connectivity index (χ0v) is 13.6. The number of ether oxygens (including phenoxy) is 1. The van der Waals surface area contributed by atoms with Crippen LogP contribution in [0.1, 0.15) is 12.5 Å². The van der Waals surface area contributed by atoms with E-state index < -0.39 is 10.0 Å². The minimum atomic E-state index is -3.03. The number of piperazine rings is 1. The summed E-state index contributed by atoms with van der Waals surface area (Å²) in [5.74, 6) is 1.07. The Balaban J connectivity index is 1.78. The fourth-order valence-electron chi connectivity index (χ4n) is 2.49. The lowest BCUT2D eigenvalue weighted by Crippen LogP contribution is -2.49. The van der Waals surface area contributed by atoms with Crippen LogP contribution in [0.15, 0.2) is 24.3 Å². The Labute approximate surface area is 127 Å². The average molecular weight is 312 g/mol. The second-order valence-corrected chi connectivity index (χ2v) is 7.50. The van der Waals surface area contributed by atoms with E-state index in [1.807, 2.05) is 12.1 Å². The molecule has 0 unspecified atom stereocenters. The van der Waals surface area contributed by atoms with Crippen LogP contribution < -0.4 is 4.74 Å². The first-order chi connectivity index (χ1) is 10.0. The maximum Gasteiger partial charge on any atom is 0.213 e. The number of methoxy groups -OCH3 is 1. The molecule has 0 amide bonds. The van der Waals surface area contributed by atoms with Gasteiger partial charge in [0.15, 0.2) is 0 Å². The summed E-state index contributed by atoms with van der Waals surface area (Å²) >= 11 is 0. The van der Waals surface area contributed by atoms with Crippen molar-refractivity contribution in [2.75, 3.05) is 45.6 Å². The molecular formula is C15H24N2O3S. The second-order valence-electron chi connectivity index (χ2n) is 5.24. The molecule has 1 saturated heterocycles. The standard InChI is InChI=1S/C15H24N2O3S/c1-3-21(18,19)17-12-10-16(11-13-17)9-8-14-4-6-15(20-2)7-5-14/h4-7H,3,8-13H2,1-2H3. The van der Waals surface area contributed by atoms with E-state index in [2.05, 4.69) is 17.0 Å². The fourth-order valence-corrected chi connectivity index (χ4v) is 3.58. The summed E-state index contributed by atoms with van der Waals surface area (Å²) in [6.07, 6.45) is 0.977. The first kappa shape index (κ1) is 16.3. The highest BCUT2D eigenvalue weighted by molar-refractivity contribution is 7.89. The van der Waals surface area contributed by atoms with Crippen molar-refractivity contribution in [1.29, 1.82) is 0 Å². The predicted octanol–water partition coefficient (Wildman–Crippen LogP) is 1.20. The van der Waals surface area contributed by atoms with Crippen molar-refractivity contribution in [1.82, 2.24) is 9.21 Å². The molecule has 0 spiro atoms. The van der Waals surface area contributed by atoms with Crippen LogP contribution in [0.2, 0.25) is 0 Å². The van der Waals surface area contributed by atoms with Gasteiger partial charge in [0.2, 0.25) is 10.0 Å². The normalized spacial score (nSPS) is 17.8. The lowest BCUT2D eigenvalue weighted by molar-refractivity contribution is 0.190. The molecule has 0 bridgehead atoms. The van der Waals surface area contributed by atoms with Crippen LogP contribution in [0.25, 0.3) is 0 Å². The van der Waals surface area contributed by atoms with Crippen LogP contribution >= 0.6 is 0 Å². The van der Waals surface area contributed by atoms with Crippen molar-refractivity contribution in [2.45, 2.75) is 13.3 Å². The van der Waals surface area contributed by atoms with Gasteiger partial charge >= 0.3 is 0 Å². The Morgan fingerprint density at radius 3 is 2.24 bits per heavy atom. The third kappa shape index (κ3) is 4.43. The van der Waals surface area contributed by atoms with Gasteiger partial charge in [0.05, 0.1) is 12.9 Å². The van der Waals surface area contributed by atoms with E-state index >= 15 is 0 Å². The Kier molecular flexibility index (Phi) is 5.61. The molecule has 2 rings (SSSR count). The highest BCUT2D eigenvalue weighted by Gasteiger charge is 2.24. The van der Waals surface area contributed by atoms with Gasteiger partial charge in [-0.2, -0.15) is 4.31 Å². The Bertz CT molecular complexity index is 535. The Morgan fingerprint density at radius 2 is 1.71 bits per heavy atom. The molecule has 0 radical (unpaired) electrons. The second kappa shape index (κ2) is 7.24. The lowest BCUT2D eigenvalue weighted by Gasteiger charge is -2.33. The fraction of sp³-hybridized carbons (Fsp3) is 0.600. The van der Waals surface area contributed by atoms with Gasteiger partial charge in [-0.15, -0.1) is 0 Å². The highest BCUT2D eigenvalue weighted by atomic mass is 32.2. The molecule has 1 aromatic rings. The lowest BCUT2D eigenvalue weighted by atomic mass is 10.1. The third-order valence-electron chi connectivity index (χ3n) is 3.97. The largest absolute Gasteiger partial charge is 0.497 e. The van der Waals surface area contributed by atoms with E-state index in [1.165, 1.54) is 5.56 Å². The zero-order valence-electron chi connectivity index (χ0n) is 12.8. The SMILES string of the molecule is CCS(=O)(=O)N1CCN(CCc2ccc(OC)cc2)CC1. The molecule has 0 N–H and O–H groups in total. The average Bonchev–Trinajstić information content (AvgIpc) is 2.54. The van der Waals surface area contributed by atoms with Gasteiger partial charge in [-0.25, -0.2) is 8.42 Å². The number of benzene rings is 1. The summed E-state index contributed by atoms with van der Waals surface area (Å²) in [5, 5.41) is 0. The van der Waals surface area contributed by atoms with Crippen molar-refractivity contribution in [3.8, 4) is 5.75 Å². The van der Waals surface area contributed by atoms with E-state index in [9.17, 15) is 8.42 Å². The molecule has 1 aromatic carbocycles. The van der Waals surface area contributed by atoms with E-state index in [0.29, 0.717) is 13.1 Å². The first-order valence-electron chi connectivity index (χ1n) is 7.38. The molecule has 1 heterocycles. The molecular weight excluding hydrogens is 288 g/mol. The summed E-state index contributed by atoms with van der Waals surface area (Å²) in [7, 11) is -1.36. The number of rotatable bonds is 6. The quantitative estimate of drug-likeness (QED) is 0.792. The molecule has 1 aliphatic rings. The number of hydrogen-bond acceptors (Lipinski definition) is 4. The number of nitrogens with zero attached hydrogens (tertiary/aromatic N) is 2. The zero-order chi connectivity index (χ0) is 15.3. The number of hydrogen-bond donors (Lipinski definition) is 0. The molecule has 6 heteroatoms. The molecule has 118 valence electrons. The van der Waals surface area contributed by atoms with Crippen molar-refractivity contribution in [3.63, 3.8) is 0 Å². The Hall–Kier alpha value is -1.11. The van der Waals surface area contributed by atoms with Crippen molar-refractivity contribution < 1.29 is 13.2 Å². The predicted molar refractivity (Wildman–Crippen MR) is 84.2 cm³/mol. The van der Waals surface area contributed by atoms with Crippen molar-refractivity contribution >= 4 is 10.0 Å². The summed E-state index contributed by atoms with van der Waals surface area (Å²) in [6.45, 7) is 5.51. The monoisotopic (exact) mass is 312 g/mol. The molecule has 0 aliphatic carbocycles. The van der Waals surface area contributed by atoms with E-state index in [4.69, 9.17) is 4.74 Å². The van der Waals surface area contributed by atoms with Gasteiger partial charge in [-0.3, -0.25) is 0 Å². The van der Waals surface area contributed by atoms with Crippen LogP contribution in [0, 0.1) is 0 Å². The third-order valence-corrected chi connectivity index (χ3v) is 5.85. The van der Waals surface area contributed by atoms with Gasteiger partial charge in [-0.1, -0.05) is 12.1 Å². The maximum atomic E-state index is 11.8. The molecule has 1 fully saturated rings. The highest BCUT2D eigenvalue weighted by Crippen LogP contribution is 2.13. The molecule has 0 aromatic heterocycles. The molecule has 0 atom stereocenters. The molecule has 5 nitrogen and oxygen atoms in total. The van der Waals surface area contributed by atoms with Crippen LogP contribution in [0.3, 0.4) is 0 Å². The Morgan fingerprint density at radius 1 is 1.10 bits per heavy atom. The minimum Gasteiger partial charge on any atom is -0.497 e. The topological polar surface area (TPSA) is 49.9 Å². The maximum absolute atomic E-state index is 11.8. The summed E-state index contributed by atoms with van der Waals surface area (Å²) in [5.41, 5.74) is 1.28. The van der Waals surface area contributed by atoms with Gasteiger partial charge in [0, 0.05) is 32.7 Å². The van der Waals surface area contributed by atoms with Gasteiger partial charge < -0.3 is 9.64 Å². The minimum absolute atomic E-state index is 0.193. The van der Waals surface area contributed by atoms with Crippen LogP contribution in [0.5, 0.6) is 5.75 Å². The van der Waals surface area contributed by atoms with E-state index in [1.54, 1.807) is 18.3 Å². The van der Waals surface area contributed by atoms with Gasteiger partial charge in [0.1, 0.15) is 5.75 Å². The van der Waals surface area contributed by atoms with Crippen LogP contribution in [0.4, 0.5) is 0 Å². The first-order valence-corrected chi connectivity index (χ1v) is 8.99. The van der Waals surface area contributed by atoms with Crippen LogP contribution in [-0.2, 0) is 16.4 Å². The summed E-state index contributed by atoms with van der Waals surface area (Å²) in [4.78, 5) is 2.33. The van der Waals surface area contributed by atoms with Gasteiger partial charge in [0.25, 0.3) is 0 Å². The molecule has 21 heavy (non-hydrogen) atoms. The van der Waals surface area contributed by atoms with E-state index in [-0.39, 0.29) is 5.75 Å². The number of sulfonamides is 1. The van der Waals surface area contributed by atoms with Crippen molar-refractivity contribution in [3.05, 3.63) is 29.8 Å². The summed E-state index contributed by atoms with van der Waals surface area (Å²) in [6, 6.07) is 8.11. The van der Waals surface area contributed by atoms with Crippen molar-refractivity contribution in [2.24, 2.45) is 0 Å². The summed E-state index contributed by atoms with van der Waals surface area (Å²) < 4.78 is 30.3. The smallest absolute Gasteiger partial charge is 0.213 e. The van der Waals surface area contributed by atoms with Crippen LogP contribution in [-0.4, -0.2) is 63.2 Å². The molecule has 0 saturated carbocycles. The van der Waals surface area contributed by atoms with E-state index in [0.717, 1.165) is 31.8 Å².